The molecule has 13 nitrogen and oxygen atoms in total. The summed E-state index contributed by atoms with van der Waals surface area (Å²) < 4.78 is 0. The second kappa shape index (κ2) is 47.3. The van der Waals surface area contributed by atoms with Crippen LogP contribution in [0, 0.1) is 0 Å². The number of hydrogen-bond donors (Lipinski definition) is 0. The molecule has 8 aromatic carbocycles. The van der Waals surface area contributed by atoms with E-state index in [-0.39, 0.29) is 38.5 Å². The van der Waals surface area contributed by atoms with Crippen molar-refractivity contribution in [2.24, 2.45) is 0 Å². The molecule has 91 heavy (non-hydrogen) atoms. The molecule has 0 fully saturated rings. The van der Waals surface area contributed by atoms with Crippen molar-refractivity contribution in [3.63, 3.8) is 0 Å². The Bertz CT molecular complexity index is 2930. The first-order valence-electron chi connectivity index (χ1n) is 27.8. The zero-order valence-electron chi connectivity index (χ0n) is 49.1. The molecule has 2 N–H and O–H groups in total. The first-order valence-corrected chi connectivity index (χ1v) is 27.8. The van der Waals surface area contributed by atoms with Crippen LogP contribution in [0.25, 0.3) is 0 Å². The smallest absolute Gasteiger partial charge is 0.549 e. The van der Waals surface area contributed by atoms with Crippen molar-refractivity contribution in [3.8, 4) is 0 Å². The quantitative estimate of drug-likeness (QED) is 0.104. The average molecular weight is 1300 g/mol. The van der Waals surface area contributed by atoms with Crippen LogP contribution < -0.4 is 20.4 Å². The van der Waals surface area contributed by atoms with E-state index in [4.69, 9.17) is 0 Å². The predicted molar refractivity (Wildman–Crippen MR) is 339 cm³/mol. The molecule has 15 heteroatoms. The SMILES string of the molecule is O.O=C([O-])C(c1ccccc1)c1ccccc1.O=C([O-])C(c1ccccc1)c1ccccc1.O=C([O-])C(c1ccccc1)c1ccccc1.O=C([O-])C(c1ccccc1)c1ccccc1.[Ni+2].[Ni+2].c1ccncc1.c1ccncc1.c1ccncc1.c1ccncc1. The fourth-order valence-corrected chi connectivity index (χ4v) is 8.27. The van der Waals surface area contributed by atoms with Crippen LogP contribution in [-0.4, -0.2) is 49.3 Å². The molecule has 0 spiro atoms. The minimum atomic E-state index is -1.07. The van der Waals surface area contributed by atoms with Crippen molar-refractivity contribution in [1.29, 1.82) is 0 Å². The molecule has 0 saturated heterocycles. The zero-order valence-corrected chi connectivity index (χ0v) is 51.1. The van der Waals surface area contributed by atoms with Gasteiger partial charge in [-0.2, -0.15) is 0 Å². The van der Waals surface area contributed by atoms with E-state index >= 15 is 0 Å². The Morgan fingerprint density at radius 3 is 0.363 bits per heavy atom. The van der Waals surface area contributed by atoms with Crippen LogP contribution in [-0.2, 0) is 52.2 Å². The number of carbonyl (C=O) groups is 4. The van der Waals surface area contributed by atoms with E-state index in [1.807, 2.05) is 218 Å². The molecule has 12 aromatic rings. The van der Waals surface area contributed by atoms with Gasteiger partial charge < -0.3 is 45.1 Å². The van der Waals surface area contributed by atoms with Crippen molar-refractivity contribution in [1.82, 2.24) is 19.9 Å². The Morgan fingerprint density at radius 2 is 0.297 bits per heavy atom. The third-order valence-electron chi connectivity index (χ3n) is 12.3. The molecule has 0 aliphatic carbocycles. The number of carboxylic acid groups (broad SMARTS) is 4. The van der Waals surface area contributed by atoms with Gasteiger partial charge in [-0.05, 0) is 93.0 Å². The van der Waals surface area contributed by atoms with Crippen LogP contribution >= 0.6 is 0 Å². The van der Waals surface area contributed by atoms with Gasteiger partial charge in [0.25, 0.3) is 0 Å². The van der Waals surface area contributed by atoms with Crippen LogP contribution in [0.3, 0.4) is 0 Å². The molecule has 4 aromatic heterocycles. The van der Waals surface area contributed by atoms with Crippen molar-refractivity contribution >= 4 is 23.9 Å². The standard InChI is InChI=1S/4C14H12O2.4C5H5N.2Ni.H2O/c4*15-14(16)13(11-7-3-1-4-8-11)12-9-5-2-6-10-12;4*1-2-4-6-5-3-1;;;/h4*1-10,13H,(H,15,16);4*1-5H;;;1H2/q;;;;;;;;2*+2;/p-4. The van der Waals surface area contributed by atoms with E-state index in [1.54, 1.807) is 147 Å². The van der Waals surface area contributed by atoms with Crippen LogP contribution in [0.1, 0.15) is 68.2 Å². The molecular weight excluding hydrogens is 1230 g/mol. The second-order valence-corrected chi connectivity index (χ2v) is 18.4. The zero-order chi connectivity index (χ0) is 62.5. The molecule has 464 valence electrons. The summed E-state index contributed by atoms with van der Waals surface area (Å²) in [6.07, 6.45) is 14.0. The number of rotatable bonds is 12. The van der Waals surface area contributed by atoms with Gasteiger partial charge in [-0.3, -0.25) is 19.9 Å². The van der Waals surface area contributed by atoms with Crippen molar-refractivity contribution in [3.05, 3.63) is 410 Å². The molecule has 0 aliphatic heterocycles. The number of carboxylic acids is 4. The van der Waals surface area contributed by atoms with E-state index in [0.29, 0.717) is 0 Å². The third-order valence-corrected chi connectivity index (χ3v) is 12.3. The first kappa shape index (κ1) is 76.3. The monoisotopic (exact) mass is 1290 g/mol. The van der Waals surface area contributed by atoms with Gasteiger partial charge in [-0.1, -0.05) is 267 Å². The van der Waals surface area contributed by atoms with Crippen LogP contribution in [0.2, 0.25) is 0 Å². The van der Waals surface area contributed by atoms with E-state index in [2.05, 4.69) is 19.9 Å². The topological polar surface area (TPSA) is 244 Å². The molecule has 0 unspecified atom stereocenters. The molecule has 0 amide bonds. The van der Waals surface area contributed by atoms with Crippen LogP contribution in [0.15, 0.2) is 365 Å². The Hall–Kier alpha value is -10.8. The van der Waals surface area contributed by atoms with Gasteiger partial charge in [-0.25, -0.2) is 0 Å². The number of carbonyl (C=O) groups excluding carboxylic acids is 4. The second-order valence-electron chi connectivity index (χ2n) is 18.4. The number of pyridine rings is 4. The Labute approximate surface area is 551 Å². The number of nitrogens with zero attached hydrogens (tertiary/aromatic N) is 4. The van der Waals surface area contributed by atoms with Gasteiger partial charge in [0.15, 0.2) is 0 Å². The molecule has 0 aliphatic rings. The summed E-state index contributed by atoms with van der Waals surface area (Å²) in [6, 6.07) is 95.8. The van der Waals surface area contributed by atoms with E-state index in [0.717, 1.165) is 44.5 Å². The number of aromatic nitrogens is 4. The predicted octanol–water partition coefficient (Wildman–Crippen LogP) is 9.77. The maximum atomic E-state index is 11.2. The molecule has 0 radical (unpaired) electrons. The normalized spacial score (nSPS) is 9.36. The van der Waals surface area contributed by atoms with Gasteiger partial charge in [0, 0.05) is 73.2 Å². The number of hydrogen-bond acceptors (Lipinski definition) is 12. The molecule has 0 bridgehead atoms. The maximum Gasteiger partial charge on any atom is 2.00 e. The third kappa shape index (κ3) is 30.1. The van der Waals surface area contributed by atoms with Gasteiger partial charge in [0.1, 0.15) is 0 Å². The summed E-state index contributed by atoms with van der Waals surface area (Å²) in [4.78, 5) is 59.9. The summed E-state index contributed by atoms with van der Waals surface area (Å²) in [5, 5.41) is 44.8. The Balaban J connectivity index is 0.000000365. The summed E-state index contributed by atoms with van der Waals surface area (Å²) in [6.45, 7) is 0. The van der Waals surface area contributed by atoms with E-state index in [1.165, 1.54) is 0 Å². The molecule has 0 atom stereocenters. The number of benzene rings is 8. The van der Waals surface area contributed by atoms with Gasteiger partial charge in [0.2, 0.25) is 0 Å². The Morgan fingerprint density at radius 1 is 0.198 bits per heavy atom. The molecule has 0 saturated carbocycles. The van der Waals surface area contributed by atoms with E-state index < -0.39 is 47.5 Å². The van der Waals surface area contributed by atoms with Crippen molar-refractivity contribution in [2.75, 3.05) is 0 Å². The minimum Gasteiger partial charge on any atom is -0.549 e. The minimum absolute atomic E-state index is 0. The summed E-state index contributed by atoms with van der Waals surface area (Å²) in [5.74, 6) is -7.06. The molecule has 12 rings (SSSR count). The molecular formula is C76H66N4Ni2O9. The van der Waals surface area contributed by atoms with E-state index in [9.17, 15) is 39.6 Å². The average Bonchev–Trinajstić information content (AvgIpc) is 1.51. The molecule has 4 heterocycles. The first-order chi connectivity index (χ1) is 43.2. The fraction of sp³-hybridized carbons (Fsp3) is 0.0526. The Kier molecular flexibility index (Phi) is 39.6. The van der Waals surface area contributed by atoms with Gasteiger partial charge >= 0.3 is 33.0 Å². The van der Waals surface area contributed by atoms with Crippen molar-refractivity contribution < 1.29 is 78.1 Å². The summed E-state index contributed by atoms with van der Waals surface area (Å²) in [5.41, 5.74) is 5.95. The maximum absolute atomic E-state index is 11.2. The van der Waals surface area contributed by atoms with Crippen LogP contribution in [0.5, 0.6) is 0 Å². The fourth-order valence-electron chi connectivity index (χ4n) is 8.27. The summed E-state index contributed by atoms with van der Waals surface area (Å²) in [7, 11) is 0. The number of aliphatic carboxylic acids is 4. The largest absolute Gasteiger partial charge is 2.00 e. The van der Waals surface area contributed by atoms with Gasteiger partial charge in [0.05, 0.1) is 23.9 Å². The van der Waals surface area contributed by atoms with Gasteiger partial charge in [-0.15, -0.1) is 0 Å². The van der Waals surface area contributed by atoms with Crippen molar-refractivity contribution in [2.45, 2.75) is 23.7 Å². The van der Waals surface area contributed by atoms with Crippen LogP contribution in [0.4, 0.5) is 0 Å². The summed E-state index contributed by atoms with van der Waals surface area (Å²) >= 11 is 0.